The molecule has 1 aliphatic heterocycles. The second-order valence-corrected chi connectivity index (χ2v) is 3.27. The molecular weight excluding hydrogens is 168 g/mol. The van der Waals surface area contributed by atoms with Crippen LogP contribution in [0.1, 0.15) is 13.3 Å². The van der Waals surface area contributed by atoms with Crippen molar-refractivity contribution >= 4 is 5.91 Å². The van der Waals surface area contributed by atoms with E-state index in [0.717, 1.165) is 26.1 Å². The molecule has 4 nitrogen and oxygen atoms in total. The molecule has 1 rings (SSSR count). The largest absolute Gasteiger partial charge is 0.366 e. The SMILES string of the molecule is CCCN1CCOC(C(=O)NC)C1. The third kappa shape index (κ3) is 2.97. The van der Waals surface area contributed by atoms with Crippen LogP contribution in [0.15, 0.2) is 0 Å². The van der Waals surface area contributed by atoms with E-state index < -0.39 is 0 Å². The minimum atomic E-state index is -0.273. The van der Waals surface area contributed by atoms with Gasteiger partial charge in [0, 0.05) is 20.1 Å². The molecule has 76 valence electrons. The maximum Gasteiger partial charge on any atom is 0.250 e. The van der Waals surface area contributed by atoms with E-state index in [1.807, 2.05) is 0 Å². The quantitative estimate of drug-likeness (QED) is 0.666. The van der Waals surface area contributed by atoms with Crippen molar-refractivity contribution < 1.29 is 9.53 Å². The minimum Gasteiger partial charge on any atom is -0.366 e. The number of ether oxygens (including phenoxy) is 1. The minimum absolute atomic E-state index is 0.0131. The predicted octanol–water partition coefficient (Wildman–Crippen LogP) is -0.157. The summed E-state index contributed by atoms with van der Waals surface area (Å²) in [6, 6.07) is 0. The maximum absolute atomic E-state index is 11.3. The Hall–Kier alpha value is -0.610. The molecule has 1 atom stereocenters. The van der Waals surface area contributed by atoms with E-state index in [4.69, 9.17) is 4.74 Å². The zero-order valence-electron chi connectivity index (χ0n) is 8.38. The summed E-state index contributed by atoms with van der Waals surface area (Å²) >= 11 is 0. The van der Waals surface area contributed by atoms with Gasteiger partial charge in [0.25, 0.3) is 0 Å². The molecule has 4 heteroatoms. The number of carbonyl (C=O) groups is 1. The van der Waals surface area contributed by atoms with Crippen molar-refractivity contribution in [1.82, 2.24) is 10.2 Å². The van der Waals surface area contributed by atoms with Crippen molar-refractivity contribution in [2.24, 2.45) is 0 Å². The average molecular weight is 186 g/mol. The lowest BCUT2D eigenvalue weighted by atomic mass is 10.2. The van der Waals surface area contributed by atoms with E-state index in [2.05, 4.69) is 17.1 Å². The molecule has 1 unspecified atom stereocenters. The van der Waals surface area contributed by atoms with E-state index in [0.29, 0.717) is 6.61 Å². The molecule has 13 heavy (non-hydrogen) atoms. The molecule has 1 fully saturated rings. The van der Waals surface area contributed by atoms with Crippen molar-refractivity contribution in [3.63, 3.8) is 0 Å². The molecular formula is C9H18N2O2. The Balaban J connectivity index is 2.37. The van der Waals surface area contributed by atoms with Crippen LogP contribution in [-0.2, 0) is 9.53 Å². The fourth-order valence-electron chi connectivity index (χ4n) is 1.54. The van der Waals surface area contributed by atoms with Gasteiger partial charge < -0.3 is 10.1 Å². The van der Waals surface area contributed by atoms with Crippen LogP contribution in [0.3, 0.4) is 0 Å². The van der Waals surface area contributed by atoms with Crippen LogP contribution in [0.4, 0.5) is 0 Å². The van der Waals surface area contributed by atoms with Crippen LogP contribution < -0.4 is 5.32 Å². The molecule has 0 aromatic heterocycles. The molecule has 0 aliphatic carbocycles. The number of hydrogen-bond acceptors (Lipinski definition) is 3. The number of nitrogens with one attached hydrogen (secondary N) is 1. The van der Waals surface area contributed by atoms with Crippen molar-refractivity contribution in [2.75, 3.05) is 33.3 Å². The van der Waals surface area contributed by atoms with Gasteiger partial charge in [0.15, 0.2) is 0 Å². The third-order valence-electron chi connectivity index (χ3n) is 2.23. The molecule has 0 saturated carbocycles. The Morgan fingerprint density at radius 1 is 1.69 bits per heavy atom. The van der Waals surface area contributed by atoms with Crippen LogP contribution in [0.25, 0.3) is 0 Å². The number of amides is 1. The molecule has 1 saturated heterocycles. The van der Waals surface area contributed by atoms with Crippen LogP contribution in [0.5, 0.6) is 0 Å². The van der Waals surface area contributed by atoms with Crippen molar-refractivity contribution in [3.05, 3.63) is 0 Å². The first-order chi connectivity index (χ1) is 6.27. The zero-order chi connectivity index (χ0) is 9.68. The Morgan fingerprint density at radius 2 is 2.46 bits per heavy atom. The number of morpholine rings is 1. The summed E-state index contributed by atoms with van der Waals surface area (Å²) in [4.78, 5) is 13.5. The Labute approximate surface area is 79.2 Å². The summed E-state index contributed by atoms with van der Waals surface area (Å²) < 4.78 is 5.35. The van der Waals surface area contributed by atoms with Gasteiger partial charge in [-0.25, -0.2) is 0 Å². The molecule has 1 amide bonds. The maximum atomic E-state index is 11.3. The Bertz CT molecular complexity index is 171. The third-order valence-corrected chi connectivity index (χ3v) is 2.23. The van der Waals surface area contributed by atoms with E-state index in [1.165, 1.54) is 0 Å². The van der Waals surface area contributed by atoms with Crippen LogP contribution >= 0.6 is 0 Å². The normalized spacial score (nSPS) is 24.3. The molecule has 0 aromatic carbocycles. The summed E-state index contributed by atoms with van der Waals surface area (Å²) in [5, 5.41) is 2.61. The number of hydrogen-bond donors (Lipinski definition) is 1. The van der Waals surface area contributed by atoms with E-state index >= 15 is 0 Å². The fourth-order valence-corrected chi connectivity index (χ4v) is 1.54. The van der Waals surface area contributed by atoms with Gasteiger partial charge in [-0.1, -0.05) is 6.92 Å². The molecule has 0 aromatic rings. The molecule has 1 heterocycles. The lowest BCUT2D eigenvalue weighted by Crippen LogP contribution is -2.49. The molecule has 0 radical (unpaired) electrons. The lowest BCUT2D eigenvalue weighted by Gasteiger charge is -2.31. The summed E-state index contributed by atoms with van der Waals surface area (Å²) in [6.45, 7) is 5.54. The highest BCUT2D eigenvalue weighted by atomic mass is 16.5. The van der Waals surface area contributed by atoms with Gasteiger partial charge in [0.1, 0.15) is 6.10 Å². The van der Waals surface area contributed by atoms with Crippen molar-refractivity contribution in [1.29, 1.82) is 0 Å². The van der Waals surface area contributed by atoms with Gasteiger partial charge in [0.2, 0.25) is 5.91 Å². The van der Waals surface area contributed by atoms with Gasteiger partial charge in [-0.3, -0.25) is 9.69 Å². The number of nitrogens with zero attached hydrogens (tertiary/aromatic N) is 1. The summed E-state index contributed by atoms with van der Waals surface area (Å²) in [5.41, 5.74) is 0. The van der Waals surface area contributed by atoms with E-state index in [1.54, 1.807) is 7.05 Å². The van der Waals surface area contributed by atoms with Gasteiger partial charge in [-0.15, -0.1) is 0 Å². The highest BCUT2D eigenvalue weighted by molar-refractivity contribution is 5.80. The van der Waals surface area contributed by atoms with E-state index in [9.17, 15) is 4.79 Å². The monoisotopic (exact) mass is 186 g/mol. The first-order valence-corrected chi connectivity index (χ1v) is 4.83. The summed E-state index contributed by atoms with van der Waals surface area (Å²) in [7, 11) is 1.64. The fraction of sp³-hybridized carbons (Fsp3) is 0.889. The topological polar surface area (TPSA) is 41.6 Å². The Morgan fingerprint density at radius 3 is 3.08 bits per heavy atom. The summed E-state index contributed by atoms with van der Waals surface area (Å²) in [6.07, 6.45) is 0.853. The first kappa shape index (κ1) is 10.5. The molecule has 0 spiro atoms. The standard InChI is InChI=1S/C9H18N2O2/c1-3-4-11-5-6-13-8(7-11)9(12)10-2/h8H,3-7H2,1-2H3,(H,10,12). The Kier molecular flexibility index (Phi) is 4.18. The second kappa shape index (κ2) is 5.19. The lowest BCUT2D eigenvalue weighted by molar-refractivity contribution is -0.137. The highest BCUT2D eigenvalue weighted by Crippen LogP contribution is 2.05. The van der Waals surface area contributed by atoms with Gasteiger partial charge >= 0.3 is 0 Å². The zero-order valence-corrected chi connectivity index (χ0v) is 8.38. The predicted molar refractivity (Wildman–Crippen MR) is 50.5 cm³/mol. The second-order valence-electron chi connectivity index (χ2n) is 3.27. The molecule has 1 aliphatic rings. The molecule has 0 bridgehead atoms. The van der Waals surface area contributed by atoms with Gasteiger partial charge in [-0.05, 0) is 13.0 Å². The van der Waals surface area contributed by atoms with E-state index in [-0.39, 0.29) is 12.0 Å². The number of likely N-dealkylation sites (N-methyl/N-ethyl adjacent to an activating group) is 1. The number of carbonyl (C=O) groups excluding carboxylic acids is 1. The highest BCUT2D eigenvalue weighted by Gasteiger charge is 2.24. The van der Waals surface area contributed by atoms with Crippen LogP contribution in [-0.4, -0.2) is 50.2 Å². The van der Waals surface area contributed by atoms with Gasteiger partial charge in [0.05, 0.1) is 6.61 Å². The van der Waals surface area contributed by atoms with Crippen molar-refractivity contribution in [2.45, 2.75) is 19.4 Å². The first-order valence-electron chi connectivity index (χ1n) is 4.83. The smallest absolute Gasteiger partial charge is 0.250 e. The number of rotatable bonds is 3. The summed E-state index contributed by atoms with van der Waals surface area (Å²) in [5.74, 6) is -0.0131. The van der Waals surface area contributed by atoms with Crippen molar-refractivity contribution in [3.8, 4) is 0 Å². The molecule has 1 N–H and O–H groups in total. The van der Waals surface area contributed by atoms with Gasteiger partial charge in [-0.2, -0.15) is 0 Å². The van der Waals surface area contributed by atoms with Crippen LogP contribution in [0, 0.1) is 0 Å². The van der Waals surface area contributed by atoms with Crippen LogP contribution in [0.2, 0.25) is 0 Å². The average Bonchev–Trinajstić information content (AvgIpc) is 2.18.